The third kappa shape index (κ3) is 1.60. The average Bonchev–Trinajstić information content (AvgIpc) is 1.88. The van der Waals surface area contributed by atoms with Gasteiger partial charge in [-0.3, -0.25) is 0 Å². The van der Waals surface area contributed by atoms with E-state index in [1.54, 1.807) is 7.11 Å². The molecule has 0 aromatic carbocycles. The maximum absolute atomic E-state index is 5.07. The molecule has 1 nitrogen and oxygen atoms in total. The van der Waals surface area contributed by atoms with Crippen molar-refractivity contribution in [3.8, 4) is 0 Å². The van der Waals surface area contributed by atoms with Gasteiger partial charge in [-0.25, -0.2) is 0 Å². The summed E-state index contributed by atoms with van der Waals surface area (Å²) in [5.41, 5.74) is 0. The Labute approximate surface area is 56.0 Å². The normalized spacial score (nSPS) is 25.6. The van der Waals surface area contributed by atoms with Crippen molar-refractivity contribution >= 4 is 0 Å². The number of hydrogen-bond donors (Lipinski definition) is 0. The fourth-order valence-corrected chi connectivity index (χ4v) is 0.957. The molecular formula is C8H12O. The van der Waals surface area contributed by atoms with Crippen LogP contribution in [0.3, 0.4) is 0 Å². The summed E-state index contributed by atoms with van der Waals surface area (Å²) < 4.78 is 5.07. The molecule has 1 aliphatic rings. The Bertz CT molecular complexity index is 145. The summed E-state index contributed by atoms with van der Waals surface area (Å²) in [6, 6.07) is 0. The molecule has 0 aliphatic heterocycles. The van der Waals surface area contributed by atoms with E-state index in [9.17, 15) is 0 Å². The van der Waals surface area contributed by atoms with Gasteiger partial charge in [0.1, 0.15) is 0 Å². The van der Waals surface area contributed by atoms with Crippen molar-refractivity contribution in [2.75, 3.05) is 7.11 Å². The molecular weight excluding hydrogens is 112 g/mol. The highest BCUT2D eigenvalue weighted by atomic mass is 16.5. The smallest absolute Gasteiger partial charge is 0.0961 e. The second-order valence-corrected chi connectivity index (χ2v) is 2.40. The third-order valence-corrected chi connectivity index (χ3v) is 1.51. The fourth-order valence-electron chi connectivity index (χ4n) is 0.957. The zero-order chi connectivity index (χ0) is 6.69. The van der Waals surface area contributed by atoms with Crippen molar-refractivity contribution in [2.24, 2.45) is 5.92 Å². The molecule has 50 valence electrons. The average molecular weight is 124 g/mol. The van der Waals surface area contributed by atoms with Gasteiger partial charge in [0.2, 0.25) is 0 Å². The molecule has 1 rings (SSSR count). The first-order valence-electron chi connectivity index (χ1n) is 3.24. The van der Waals surface area contributed by atoms with E-state index in [-0.39, 0.29) is 0 Å². The molecule has 0 aromatic heterocycles. The van der Waals surface area contributed by atoms with Gasteiger partial charge in [0.05, 0.1) is 12.9 Å². The summed E-state index contributed by atoms with van der Waals surface area (Å²) in [7, 11) is 1.72. The Morgan fingerprint density at radius 3 is 2.89 bits per heavy atom. The van der Waals surface area contributed by atoms with Gasteiger partial charge in [0.15, 0.2) is 0 Å². The van der Waals surface area contributed by atoms with Crippen molar-refractivity contribution < 1.29 is 4.74 Å². The van der Waals surface area contributed by atoms with E-state index in [4.69, 9.17) is 4.74 Å². The molecule has 1 aliphatic carbocycles. The van der Waals surface area contributed by atoms with Crippen LogP contribution in [0.4, 0.5) is 0 Å². The van der Waals surface area contributed by atoms with Crippen LogP contribution in [0, 0.1) is 5.92 Å². The zero-order valence-electron chi connectivity index (χ0n) is 5.92. The minimum Gasteiger partial charge on any atom is -0.501 e. The van der Waals surface area contributed by atoms with E-state index in [1.165, 1.54) is 0 Å². The predicted octanol–water partition coefficient (Wildman–Crippen LogP) is 2.11. The number of ether oxygens (including phenoxy) is 1. The fraction of sp³-hybridized carbons (Fsp3) is 0.500. The lowest BCUT2D eigenvalue weighted by Gasteiger charge is -2.12. The van der Waals surface area contributed by atoms with Crippen LogP contribution in [0.2, 0.25) is 0 Å². The Morgan fingerprint density at radius 2 is 2.44 bits per heavy atom. The maximum atomic E-state index is 5.07. The minimum absolute atomic E-state index is 0.643. The first-order chi connectivity index (χ1) is 4.33. The molecule has 0 unspecified atom stereocenters. The molecule has 0 spiro atoms. The molecule has 0 aromatic rings. The van der Waals surface area contributed by atoms with E-state index in [0.717, 1.165) is 12.2 Å². The zero-order valence-corrected chi connectivity index (χ0v) is 5.92. The molecule has 1 heteroatoms. The van der Waals surface area contributed by atoms with Crippen LogP contribution in [-0.2, 0) is 4.74 Å². The molecule has 0 bridgehead atoms. The first kappa shape index (κ1) is 6.40. The number of hydrogen-bond acceptors (Lipinski definition) is 1. The summed E-state index contributed by atoms with van der Waals surface area (Å²) in [6.45, 7) is 2.18. The van der Waals surface area contributed by atoms with Gasteiger partial charge >= 0.3 is 0 Å². The highest BCUT2D eigenvalue weighted by molar-refractivity contribution is 5.14. The van der Waals surface area contributed by atoms with Crippen molar-refractivity contribution in [3.63, 3.8) is 0 Å². The standard InChI is InChI=1S/C8H12O/c1-7-4-3-5-8(6-7)9-2/h3-5,7H,6H2,1-2H3/t7-/m1/s1. The van der Waals surface area contributed by atoms with Gasteiger partial charge in [0.25, 0.3) is 0 Å². The molecule has 0 fully saturated rings. The van der Waals surface area contributed by atoms with Gasteiger partial charge in [-0.1, -0.05) is 19.1 Å². The number of methoxy groups -OCH3 is 1. The predicted molar refractivity (Wildman–Crippen MR) is 38.0 cm³/mol. The lowest BCUT2D eigenvalue weighted by molar-refractivity contribution is 0.267. The second kappa shape index (κ2) is 2.72. The Balaban J connectivity index is 2.55. The molecule has 0 radical (unpaired) electrons. The molecule has 0 saturated carbocycles. The van der Waals surface area contributed by atoms with Crippen LogP contribution in [-0.4, -0.2) is 7.11 Å². The van der Waals surface area contributed by atoms with Crippen LogP contribution in [0.1, 0.15) is 13.3 Å². The Hall–Kier alpha value is -0.720. The van der Waals surface area contributed by atoms with Gasteiger partial charge < -0.3 is 4.74 Å². The topological polar surface area (TPSA) is 9.23 Å². The van der Waals surface area contributed by atoms with E-state index >= 15 is 0 Å². The van der Waals surface area contributed by atoms with E-state index in [1.807, 2.05) is 12.2 Å². The van der Waals surface area contributed by atoms with Gasteiger partial charge in [-0.05, 0) is 12.0 Å². The van der Waals surface area contributed by atoms with Crippen molar-refractivity contribution in [3.05, 3.63) is 24.0 Å². The lowest BCUT2D eigenvalue weighted by atomic mass is 10.0. The first-order valence-corrected chi connectivity index (χ1v) is 3.24. The highest BCUT2D eigenvalue weighted by Gasteiger charge is 2.04. The molecule has 0 amide bonds. The van der Waals surface area contributed by atoms with Crippen molar-refractivity contribution in [2.45, 2.75) is 13.3 Å². The van der Waals surface area contributed by atoms with Gasteiger partial charge in [-0.2, -0.15) is 0 Å². The number of allylic oxidation sites excluding steroid dienone is 4. The maximum Gasteiger partial charge on any atom is 0.0961 e. The summed E-state index contributed by atoms with van der Waals surface area (Å²) >= 11 is 0. The van der Waals surface area contributed by atoms with Crippen LogP contribution >= 0.6 is 0 Å². The molecule has 1 atom stereocenters. The van der Waals surface area contributed by atoms with Crippen LogP contribution in [0.15, 0.2) is 24.0 Å². The van der Waals surface area contributed by atoms with Crippen LogP contribution < -0.4 is 0 Å². The third-order valence-electron chi connectivity index (χ3n) is 1.51. The molecule has 0 heterocycles. The monoisotopic (exact) mass is 124 g/mol. The van der Waals surface area contributed by atoms with E-state index < -0.39 is 0 Å². The van der Waals surface area contributed by atoms with Crippen LogP contribution in [0.25, 0.3) is 0 Å². The molecule has 9 heavy (non-hydrogen) atoms. The quantitative estimate of drug-likeness (QED) is 0.520. The molecule has 0 saturated heterocycles. The Morgan fingerprint density at radius 1 is 1.67 bits per heavy atom. The highest BCUT2D eigenvalue weighted by Crippen LogP contribution is 2.17. The Kier molecular flexibility index (Phi) is 1.93. The largest absolute Gasteiger partial charge is 0.501 e. The summed E-state index contributed by atoms with van der Waals surface area (Å²) in [6.07, 6.45) is 7.29. The summed E-state index contributed by atoms with van der Waals surface area (Å²) in [4.78, 5) is 0. The van der Waals surface area contributed by atoms with E-state index in [2.05, 4.69) is 13.0 Å². The minimum atomic E-state index is 0.643. The number of rotatable bonds is 1. The van der Waals surface area contributed by atoms with Crippen molar-refractivity contribution in [1.29, 1.82) is 0 Å². The lowest BCUT2D eigenvalue weighted by Crippen LogP contribution is -1.98. The van der Waals surface area contributed by atoms with E-state index in [0.29, 0.717) is 5.92 Å². The summed E-state index contributed by atoms with van der Waals surface area (Å²) in [5.74, 6) is 1.73. The van der Waals surface area contributed by atoms with Crippen LogP contribution in [0.5, 0.6) is 0 Å². The van der Waals surface area contributed by atoms with Gasteiger partial charge in [0, 0.05) is 6.42 Å². The molecule has 0 N–H and O–H groups in total. The summed E-state index contributed by atoms with van der Waals surface area (Å²) in [5, 5.41) is 0. The van der Waals surface area contributed by atoms with Crippen molar-refractivity contribution in [1.82, 2.24) is 0 Å². The SMILES string of the molecule is COC1=CC=C[C@@H](C)C1. The van der Waals surface area contributed by atoms with Gasteiger partial charge in [-0.15, -0.1) is 0 Å². The second-order valence-electron chi connectivity index (χ2n) is 2.40.